The molecule has 2 amide bonds. The van der Waals surface area contributed by atoms with Gasteiger partial charge in [0.1, 0.15) is 40.9 Å². The fourth-order valence-electron chi connectivity index (χ4n) is 4.29. The van der Waals surface area contributed by atoms with Crippen LogP contribution in [-0.2, 0) is 17.8 Å². The van der Waals surface area contributed by atoms with Gasteiger partial charge in [-0.3, -0.25) is 9.59 Å². The molecule has 47 heavy (non-hydrogen) atoms. The van der Waals surface area contributed by atoms with Gasteiger partial charge in [-0.15, -0.1) is 0 Å². The van der Waals surface area contributed by atoms with Gasteiger partial charge in [0.25, 0.3) is 11.8 Å². The van der Waals surface area contributed by atoms with Crippen molar-refractivity contribution < 1.29 is 27.9 Å². The second-order valence-corrected chi connectivity index (χ2v) is 11.3. The summed E-state index contributed by atoms with van der Waals surface area (Å²) in [6.07, 6.45) is 5.61. The number of esters is 1. The fourth-order valence-corrected chi connectivity index (χ4v) is 5.11. The van der Waals surface area contributed by atoms with Crippen molar-refractivity contribution >= 4 is 79.0 Å². The van der Waals surface area contributed by atoms with E-state index < -0.39 is 23.5 Å². The molecule has 4 aromatic heterocycles. The SMILES string of the molecule is COC(=O)c1c[nH]c2c(C(=O)NCc3ccc(F)c(Cl)c3)ncnc12.O=C(NCc1ccc(F)c(Cl)c1)c1ncnc2c(Br)c[nH]c12. The van der Waals surface area contributed by atoms with Crippen molar-refractivity contribution in [2.75, 3.05) is 7.11 Å². The molecule has 0 aliphatic carbocycles. The molecular formula is C30H21BrCl2F2N8O4. The third-order valence-corrected chi connectivity index (χ3v) is 7.77. The van der Waals surface area contributed by atoms with Gasteiger partial charge in [-0.2, -0.15) is 0 Å². The minimum absolute atomic E-state index is 0.0180. The van der Waals surface area contributed by atoms with Gasteiger partial charge >= 0.3 is 5.97 Å². The number of nitrogens with zero attached hydrogens (tertiary/aromatic N) is 4. The first kappa shape index (κ1) is 33.4. The second-order valence-electron chi connectivity index (χ2n) is 9.58. The molecule has 12 nitrogen and oxygen atoms in total. The summed E-state index contributed by atoms with van der Waals surface area (Å²) in [5.41, 5.74) is 3.63. The van der Waals surface area contributed by atoms with Crippen LogP contribution in [0.4, 0.5) is 8.78 Å². The number of benzene rings is 2. The molecular weight excluding hydrogens is 725 g/mol. The van der Waals surface area contributed by atoms with Crippen LogP contribution in [0.15, 0.2) is 65.9 Å². The Morgan fingerprint density at radius 3 is 1.79 bits per heavy atom. The summed E-state index contributed by atoms with van der Waals surface area (Å²) in [4.78, 5) is 58.2. The lowest BCUT2D eigenvalue weighted by Crippen LogP contribution is -2.24. The number of methoxy groups -OCH3 is 1. The van der Waals surface area contributed by atoms with Crippen molar-refractivity contribution in [3.8, 4) is 0 Å². The van der Waals surface area contributed by atoms with Gasteiger partial charge in [0.15, 0.2) is 11.4 Å². The Hall–Kier alpha value is -4.99. The topological polar surface area (TPSA) is 168 Å². The molecule has 6 rings (SSSR count). The zero-order chi connectivity index (χ0) is 33.7. The number of hydrogen-bond donors (Lipinski definition) is 4. The number of carbonyl (C=O) groups is 3. The predicted molar refractivity (Wildman–Crippen MR) is 172 cm³/mol. The van der Waals surface area contributed by atoms with E-state index in [9.17, 15) is 23.2 Å². The number of nitrogens with one attached hydrogen (secondary N) is 4. The monoisotopic (exact) mass is 744 g/mol. The molecule has 4 N–H and O–H groups in total. The Labute approximate surface area is 282 Å². The summed E-state index contributed by atoms with van der Waals surface area (Å²) in [5, 5.41) is 5.37. The molecule has 0 saturated carbocycles. The third-order valence-electron chi connectivity index (χ3n) is 6.59. The number of aromatic nitrogens is 6. The molecule has 0 fully saturated rings. The van der Waals surface area contributed by atoms with E-state index in [-0.39, 0.29) is 51.5 Å². The highest BCUT2D eigenvalue weighted by Crippen LogP contribution is 2.23. The summed E-state index contributed by atoms with van der Waals surface area (Å²) in [7, 11) is 1.25. The molecule has 17 heteroatoms. The summed E-state index contributed by atoms with van der Waals surface area (Å²) >= 11 is 14.8. The molecule has 0 saturated heterocycles. The molecule has 0 atom stereocenters. The number of carbonyl (C=O) groups excluding carboxylic acids is 3. The van der Waals surface area contributed by atoms with E-state index in [2.05, 4.69) is 61.2 Å². The van der Waals surface area contributed by atoms with E-state index >= 15 is 0 Å². The van der Waals surface area contributed by atoms with Gasteiger partial charge in [0.05, 0.1) is 32.7 Å². The van der Waals surface area contributed by atoms with Crippen LogP contribution < -0.4 is 10.6 Å². The summed E-state index contributed by atoms with van der Waals surface area (Å²) in [5.74, 6) is -2.44. The highest BCUT2D eigenvalue weighted by molar-refractivity contribution is 9.10. The first-order valence-electron chi connectivity index (χ1n) is 13.4. The smallest absolute Gasteiger partial charge is 0.341 e. The largest absolute Gasteiger partial charge is 0.465 e. The molecule has 0 aliphatic heterocycles. The minimum atomic E-state index is -0.572. The molecule has 240 valence electrons. The molecule has 2 aromatic carbocycles. The highest BCUT2D eigenvalue weighted by atomic mass is 79.9. The fraction of sp³-hybridized carbons (Fsp3) is 0.100. The number of halogens is 5. The average Bonchev–Trinajstić information content (AvgIpc) is 3.69. The number of ether oxygens (including phenoxy) is 1. The van der Waals surface area contributed by atoms with Gasteiger partial charge < -0.3 is 25.3 Å². The van der Waals surface area contributed by atoms with Crippen molar-refractivity contribution in [2.24, 2.45) is 0 Å². The standard InChI is InChI=1S/C16H12ClFN4O3.C14H9BrClFN4O/c1-25-16(24)9-6-19-13-12(9)21-7-22-14(13)15(23)20-5-8-2-3-11(18)10(17)4-8;15-8-5-18-12-11(8)20-6-21-13(12)14(22)19-4-7-1-2-10(17)9(16)3-7/h2-4,6-7,19H,5H2,1H3,(H,20,23);1-3,5-6,18H,4H2,(H,19,22). The Bertz CT molecular complexity index is 2140. The highest BCUT2D eigenvalue weighted by Gasteiger charge is 2.20. The lowest BCUT2D eigenvalue weighted by Gasteiger charge is -2.06. The van der Waals surface area contributed by atoms with Crippen molar-refractivity contribution in [3.05, 3.63) is 116 Å². The number of amides is 2. The maximum Gasteiger partial charge on any atom is 0.341 e. The summed E-state index contributed by atoms with van der Waals surface area (Å²) in [6, 6.07) is 8.45. The Kier molecular flexibility index (Phi) is 10.4. The average molecular weight is 746 g/mol. The first-order valence-corrected chi connectivity index (χ1v) is 14.9. The summed E-state index contributed by atoms with van der Waals surface area (Å²) < 4.78 is 31.7. The van der Waals surface area contributed by atoms with E-state index in [1.54, 1.807) is 12.3 Å². The molecule has 0 radical (unpaired) electrons. The van der Waals surface area contributed by atoms with E-state index in [1.165, 1.54) is 56.3 Å². The molecule has 0 aliphatic rings. The van der Waals surface area contributed by atoms with Crippen LogP contribution in [0.2, 0.25) is 10.0 Å². The third kappa shape index (κ3) is 7.53. The van der Waals surface area contributed by atoms with Crippen molar-refractivity contribution in [3.63, 3.8) is 0 Å². The number of fused-ring (bicyclic) bond motifs is 2. The van der Waals surface area contributed by atoms with Crippen molar-refractivity contribution in [2.45, 2.75) is 13.1 Å². The molecule has 4 heterocycles. The Balaban J connectivity index is 0.000000186. The summed E-state index contributed by atoms with van der Waals surface area (Å²) in [6.45, 7) is 0.348. The number of rotatable bonds is 7. The zero-order valence-corrected chi connectivity index (χ0v) is 27.1. The van der Waals surface area contributed by atoms with Crippen LogP contribution in [-0.4, -0.2) is 54.8 Å². The van der Waals surface area contributed by atoms with Crippen molar-refractivity contribution in [1.82, 2.24) is 40.5 Å². The van der Waals surface area contributed by atoms with E-state index in [0.29, 0.717) is 27.7 Å². The van der Waals surface area contributed by atoms with Gasteiger partial charge in [-0.25, -0.2) is 33.5 Å². The molecule has 6 aromatic rings. The maximum absolute atomic E-state index is 13.2. The van der Waals surface area contributed by atoms with Crippen LogP contribution >= 0.6 is 39.1 Å². The lowest BCUT2D eigenvalue weighted by atomic mass is 10.2. The molecule has 0 unspecified atom stereocenters. The molecule has 0 bridgehead atoms. The van der Waals surface area contributed by atoms with Crippen LogP contribution in [0.5, 0.6) is 0 Å². The maximum atomic E-state index is 13.2. The van der Waals surface area contributed by atoms with E-state index in [1.807, 2.05) is 0 Å². The number of hydrogen-bond acceptors (Lipinski definition) is 8. The number of aromatic amines is 2. The van der Waals surface area contributed by atoms with Gasteiger partial charge in [-0.05, 0) is 51.3 Å². The normalized spacial score (nSPS) is 10.8. The first-order chi connectivity index (χ1) is 22.6. The van der Waals surface area contributed by atoms with Crippen LogP contribution in [0, 0.1) is 11.6 Å². The lowest BCUT2D eigenvalue weighted by molar-refractivity contribution is 0.0602. The van der Waals surface area contributed by atoms with E-state index in [4.69, 9.17) is 23.2 Å². The van der Waals surface area contributed by atoms with Crippen LogP contribution in [0.1, 0.15) is 42.5 Å². The van der Waals surface area contributed by atoms with Gasteiger partial charge in [0, 0.05) is 25.5 Å². The molecule has 0 spiro atoms. The quantitative estimate of drug-likeness (QED) is 0.146. The Morgan fingerprint density at radius 1 is 0.787 bits per heavy atom. The predicted octanol–water partition coefficient (Wildman–Crippen LogP) is 5.91. The van der Waals surface area contributed by atoms with E-state index in [0.717, 1.165) is 4.47 Å². The Morgan fingerprint density at radius 2 is 1.28 bits per heavy atom. The van der Waals surface area contributed by atoms with Gasteiger partial charge in [-0.1, -0.05) is 35.3 Å². The van der Waals surface area contributed by atoms with Crippen molar-refractivity contribution in [1.29, 1.82) is 0 Å². The minimum Gasteiger partial charge on any atom is -0.465 e. The zero-order valence-electron chi connectivity index (χ0n) is 24.0. The number of H-pyrrole nitrogens is 2. The van der Waals surface area contributed by atoms with Gasteiger partial charge in [0.2, 0.25) is 0 Å². The van der Waals surface area contributed by atoms with Crippen LogP contribution in [0.3, 0.4) is 0 Å². The second kappa shape index (κ2) is 14.6. The van der Waals surface area contributed by atoms with Crippen LogP contribution in [0.25, 0.3) is 22.1 Å².